The van der Waals surface area contributed by atoms with Crippen molar-refractivity contribution >= 4 is 23.6 Å². The van der Waals surface area contributed by atoms with Crippen LogP contribution in [0.4, 0.5) is 14.6 Å². The number of amides is 2. The van der Waals surface area contributed by atoms with Crippen LogP contribution >= 0.6 is 0 Å². The lowest BCUT2D eigenvalue weighted by Gasteiger charge is -2.36. The summed E-state index contributed by atoms with van der Waals surface area (Å²) in [4.78, 5) is 43.1. The summed E-state index contributed by atoms with van der Waals surface area (Å²) in [6.07, 6.45) is 1.15. The van der Waals surface area contributed by atoms with Crippen molar-refractivity contribution in [2.75, 3.05) is 11.9 Å². The highest BCUT2D eigenvalue weighted by molar-refractivity contribution is 5.98. The Balaban J connectivity index is 1.28. The van der Waals surface area contributed by atoms with E-state index in [9.17, 15) is 28.3 Å². The van der Waals surface area contributed by atoms with Gasteiger partial charge in [-0.05, 0) is 75.3 Å². The van der Waals surface area contributed by atoms with Crippen LogP contribution < -0.4 is 10.6 Å². The molecule has 2 amide bonds. The number of carbonyl (C=O) groups excluding carboxylic acids is 2. The molecule has 11 heteroatoms. The first-order chi connectivity index (χ1) is 20.9. The zero-order valence-corrected chi connectivity index (χ0v) is 26.3. The van der Waals surface area contributed by atoms with Crippen molar-refractivity contribution in [3.05, 3.63) is 71.2 Å². The minimum atomic E-state index is -3.71. The molecule has 1 saturated carbocycles. The van der Waals surface area contributed by atoms with Crippen LogP contribution in [0.2, 0.25) is 0 Å². The molecule has 240 valence electrons. The standard InChI is InChI=1S/C34H39F2N3O6/c1-20-10-11-25(39-28(41)33(14-15-33)32(6)13-12-23-24(17-32)45-34(35,36)44-23)38-26(20)21-8-7-9-22(16-21)27(40)37-19-30(2,3)18-31(4,5)29(42)43/h7-13,16H,14-15,17-19H2,1-6H3,(H,37,40)(H,42,43)(H,38,39,41). The number of rotatable bonds is 10. The first kappa shape index (κ1) is 32.1. The fourth-order valence-electron chi connectivity index (χ4n) is 6.50. The largest absolute Gasteiger partial charge is 0.585 e. The highest BCUT2D eigenvalue weighted by Gasteiger charge is 2.63. The van der Waals surface area contributed by atoms with Gasteiger partial charge in [0.25, 0.3) is 5.91 Å². The Morgan fingerprint density at radius 2 is 1.78 bits per heavy atom. The molecule has 0 saturated heterocycles. The summed E-state index contributed by atoms with van der Waals surface area (Å²) >= 11 is 0. The molecule has 1 aromatic carbocycles. The molecule has 45 heavy (non-hydrogen) atoms. The summed E-state index contributed by atoms with van der Waals surface area (Å²) in [6, 6.07) is 10.6. The minimum Gasteiger partial charge on any atom is -0.481 e. The number of alkyl halides is 2. The number of anilines is 1. The van der Waals surface area contributed by atoms with E-state index in [4.69, 9.17) is 9.72 Å². The van der Waals surface area contributed by atoms with Gasteiger partial charge in [-0.1, -0.05) is 45.0 Å². The number of nitrogens with zero attached hydrogens (tertiary/aromatic N) is 1. The Hall–Kier alpha value is -4.28. The molecular weight excluding hydrogens is 584 g/mol. The maximum Gasteiger partial charge on any atom is 0.585 e. The number of aryl methyl sites for hydroxylation is 1. The van der Waals surface area contributed by atoms with E-state index in [1.807, 2.05) is 39.8 Å². The number of benzene rings is 1. The highest BCUT2D eigenvalue weighted by Crippen LogP contribution is 2.64. The molecule has 1 atom stereocenters. The quantitative estimate of drug-likeness (QED) is 0.265. The first-order valence-electron chi connectivity index (χ1n) is 14.9. The number of carboxylic acids is 1. The summed E-state index contributed by atoms with van der Waals surface area (Å²) in [7, 11) is 0. The summed E-state index contributed by atoms with van der Waals surface area (Å²) in [5.74, 6) is -1.08. The van der Waals surface area contributed by atoms with E-state index in [2.05, 4.69) is 15.4 Å². The minimum absolute atomic E-state index is 0.0136. The Labute approximate surface area is 261 Å². The fraction of sp³-hybridized carbons (Fsp3) is 0.471. The van der Waals surface area contributed by atoms with Gasteiger partial charge in [-0.25, -0.2) is 4.98 Å². The number of aromatic nitrogens is 1. The van der Waals surface area contributed by atoms with Gasteiger partial charge in [0.2, 0.25) is 5.91 Å². The van der Waals surface area contributed by atoms with Crippen LogP contribution in [-0.2, 0) is 19.1 Å². The van der Waals surface area contributed by atoms with Crippen molar-refractivity contribution in [3.8, 4) is 11.3 Å². The number of hydrogen-bond acceptors (Lipinski definition) is 6. The van der Waals surface area contributed by atoms with Crippen LogP contribution in [0.25, 0.3) is 11.3 Å². The van der Waals surface area contributed by atoms with Gasteiger partial charge in [0, 0.05) is 29.5 Å². The summed E-state index contributed by atoms with van der Waals surface area (Å²) < 4.78 is 36.6. The third-order valence-corrected chi connectivity index (χ3v) is 9.12. The van der Waals surface area contributed by atoms with Crippen molar-refractivity contribution in [3.63, 3.8) is 0 Å². The predicted octanol–water partition coefficient (Wildman–Crippen LogP) is 6.81. The summed E-state index contributed by atoms with van der Waals surface area (Å²) in [6.45, 7) is 11.2. The third-order valence-electron chi connectivity index (χ3n) is 9.12. The van der Waals surface area contributed by atoms with E-state index in [1.54, 1.807) is 44.2 Å². The number of ether oxygens (including phenoxy) is 2. The number of hydrogen-bond donors (Lipinski definition) is 3. The van der Waals surface area contributed by atoms with Gasteiger partial charge in [0.05, 0.1) is 16.5 Å². The monoisotopic (exact) mass is 623 g/mol. The van der Waals surface area contributed by atoms with Gasteiger partial charge in [-0.3, -0.25) is 14.4 Å². The molecular formula is C34H39F2N3O6. The number of halogens is 2. The van der Waals surface area contributed by atoms with E-state index in [-0.39, 0.29) is 29.8 Å². The second-order valence-corrected chi connectivity index (χ2v) is 14.1. The Bertz CT molecular complexity index is 1630. The van der Waals surface area contributed by atoms with E-state index >= 15 is 0 Å². The summed E-state index contributed by atoms with van der Waals surface area (Å²) in [5, 5.41) is 15.4. The van der Waals surface area contributed by atoms with Crippen LogP contribution in [0.5, 0.6) is 0 Å². The molecule has 0 spiro atoms. The zero-order valence-electron chi connectivity index (χ0n) is 26.3. The van der Waals surface area contributed by atoms with Gasteiger partial charge in [0.1, 0.15) is 5.82 Å². The van der Waals surface area contributed by atoms with Gasteiger partial charge in [0.15, 0.2) is 11.5 Å². The van der Waals surface area contributed by atoms with E-state index < -0.39 is 33.9 Å². The molecule has 5 rings (SSSR count). The lowest BCUT2D eigenvalue weighted by atomic mass is 9.68. The lowest BCUT2D eigenvalue weighted by molar-refractivity contribution is -0.337. The van der Waals surface area contributed by atoms with E-state index in [0.717, 1.165) is 5.56 Å². The van der Waals surface area contributed by atoms with E-state index in [1.165, 1.54) is 6.08 Å². The first-order valence-corrected chi connectivity index (χ1v) is 14.9. The zero-order chi connectivity index (χ0) is 33.0. The van der Waals surface area contributed by atoms with E-state index in [0.29, 0.717) is 48.4 Å². The van der Waals surface area contributed by atoms with Crippen molar-refractivity contribution in [2.45, 2.75) is 73.5 Å². The second-order valence-electron chi connectivity index (χ2n) is 14.1. The number of carboxylic acid groups (broad SMARTS) is 1. The molecule has 2 aromatic rings. The molecule has 0 bridgehead atoms. The van der Waals surface area contributed by atoms with Crippen LogP contribution in [0.3, 0.4) is 0 Å². The maximum absolute atomic E-state index is 13.7. The van der Waals surface area contributed by atoms with Gasteiger partial charge >= 0.3 is 12.3 Å². The Morgan fingerprint density at radius 1 is 1.07 bits per heavy atom. The predicted molar refractivity (Wildman–Crippen MR) is 163 cm³/mol. The SMILES string of the molecule is Cc1ccc(NC(=O)C2(C3(C)C=CC4=C(C3)OC(F)(F)O4)CC2)nc1-c1cccc(C(=O)NCC(C)(C)CC(C)(C)C(=O)O)c1. The molecule has 1 aliphatic heterocycles. The van der Waals surface area contributed by atoms with Crippen LogP contribution in [0, 0.1) is 28.6 Å². The van der Waals surface area contributed by atoms with Crippen molar-refractivity contribution in [1.82, 2.24) is 10.3 Å². The number of nitrogens with one attached hydrogen (secondary N) is 2. The highest BCUT2D eigenvalue weighted by atomic mass is 19.3. The summed E-state index contributed by atoms with van der Waals surface area (Å²) in [5.41, 5.74) is -0.426. The molecule has 0 radical (unpaired) electrons. The number of aliphatic carboxylic acids is 1. The van der Waals surface area contributed by atoms with Crippen molar-refractivity contribution < 1.29 is 37.7 Å². The van der Waals surface area contributed by atoms with Crippen LogP contribution in [-0.4, -0.2) is 40.7 Å². The van der Waals surface area contributed by atoms with Crippen molar-refractivity contribution in [1.29, 1.82) is 0 Å². The van der Waals surface area contributed by atoms with Gasteiger partial charge in [-0.15, -0.1) is 8.78 Å². The third kappa shape index (κ3) is 6.43. The maximum atomic E-state index is 13.7. The Kier molecular flexibility index (Phi) is 7.82. The topological polar surface area (TPSA) is 127 Å². The Morgan fingerprint density at radius 3 is 2.44 bits per heavy atom. The van der Waals surface area contributed by atoms with Crippen molar-refractivity contribution in [2.24, 2.45) is 21.7 Å². The molecule has 3 aliphatic rings. The molecule has 2 heterocycles. The lowest BCUT2D eigenvalue weighted by Crippen LogP contribution is -2.39. The number of allylic oxidation sites excluding steroid dienone is 3. The fourth-order valence-corrected chi connectivity index (χ4v) is 6.50. The molecule has 9 nitrogen and oxygen atoms in total. The van der Waals surface area contributed by atoms with Gasteiger partial charge in [-0.2, -0.15) is 0 Å². The normalized spacial score (nSPS) is 21.3. The molecule has 2 aliphatic carbocycles. The average molecular weight is 624 g/mol. The molecule has 1 unspecified atom stereocenters. The average Bonchev–Trinajstić information content (AvgIpc) is 3.71. The van der Waals surface area contributed by atoms with Gasteiger partial charge < -0.3 is 25.2 Å². The smallest absolute Gasteiger partial charge is 0.481 e. The molecule has 1 aromatic heterocycles. The van der Waals surface area contributed by atoms with Crippen LogP contribution in [0.15, 0.2) is 60.1 Å². The number of pyridine rings is 1. The second kappa shape index (κ2) is 11.0. The molecule has 1 fully saturated rings. The van der Waals surface area contributed by atoms with Crippen LogP contribution in [0.1, 0.15) is 76.2 Å². The molecule has 3 N–H and O–H groups in total. The number of carbonyl (C=O) groups is 3.